The first-order chi connectivity index (χ1) is 10.2. The van der Waals surface area contributed by atoms with Gasteiger partial charge in [-0.25, -0.2) is 4.98 Å². The predicted molar refractivity (Wildman–Crippen MR) is 83.1 cm³/mol. The summed E-state index contributed by atoms with van der Waals surface area (Å²) in [6, 6.07) is 0.682. The van der Waals surface area contributed by atoms with Gasteiger partial charge in [-0.2, -0.15) is 0 Å². The minimum Gasteiger partial charge on any atom is -0.351 e. The van der Waals surface area contributed by atoms with Crippen LogP contribution in [0.4, 0.5) is 0 Å². The molecule has 1 unspecified atom stereocenters. The van der Waals surface area contributed by atoms with Crippen LogP contribution in [0, 0.1) is 0 Å². The molecule has 118 valence electrons. The summed E-state index contributed by atoms with van der Waals surface area (Å²) >= 11 is 0. The molecule has 1 saturated heterocycles. The SMILES string of the molecule is CC1CCCCN1CCCNC(=O)c1cn(CCN)cn1. The fraction of sp³-hybridized carbons (Fsp3) is 0.733. The molecule has 0 aromatic carbocycles. The number of piperidine rings is 1. The second-order valence-corrected chi connectivity index (χ2v) is 5.78. The minimum absolute atomic E-state index is 0.0996. The number of hydrogen-bond donors (Lipinski definition) is 2. The van der Waals surface area contributed by atoms with Gasteiger partial charge in [0.05, 0.1) is 6.33 Å². The highest BCUT2D eigenvalue weighted by Gasteiger charge is 2.17. The van der Waals surface area contributed by atoms with Gasteiger partial charge in [0, 0.05) is 38.4 Å². The Morgan fingerprint density at radius 3 is 3.10 bits per heavy atom. The third-order valence-corrected chi connectivity index (χ3v) is 4.10. The van der Waals surface area contributed by atoms with E-state index in [1.54, 1.807) is 12.5 Å². The summed E-state index contributed by atoms with van der Waals surface area (Å²) < 4.78 is 1.84. The van der Waals surface area contributed by atoms with Crippen molar-refractivity contribution in [3.05, 3.63) is 18.2 Å². The van der Waals surface area contributed by atoms with Crippen LogP contribution in [0.1, 0.15) is 43.1 Å². The Kier molecular flexibility index (Phi) is 6.20. The fourth-order valence-electron chi connectivity index (χ4n) is 2.81. The molecule has 1 fully saturated rings. The van der Waals surface area contributed by atoms with Gasteiger partial charge in [0.2, 0.25) is 0 Å². The van der Waals surface area contributed by atoms with Crippen molar-refractivity contribution in [2.75, 3.05) is 26.2 Å². The first kappa shape index (κ1) is 16.0. The molecule has 1 amide bonds. The lowest BCUT2D eigenvalue weighted by Gasteiger charge is -2.33. The number of nitrogens with one attached hydrogen (secondary N) is 1. The molecular formula is C15H27N5O. The lowest BCUT2D eigenvalue weighted by Crippen LogP contribution is -2.39. The molecule has 1 atom stereocenters. The zero-order valence-corrected chi connectivity index (χ0v) is 12.9. The number of nitrogens with zero attached hydrogens (tertiary/aromatic N) is 3. The third-order valence-electron chi connectivity index (χ3n) is 4.10. The van der Waals surface area contributed by atoms with Gasteiger partial charge < -0.3 is 20.5 Å². The quantitative estimate of drug-likeness (QED) is 0.730. The average Bonchev–Trinajstić information content (AvgIpc) is 2.94. The molecule has 6 nitrogen and oxygen atoms in total. The Morgan fingerprint density at radius 2 is 2.33 bits per heavy atom. The molecule has 0 saturated carbocycles. The number of likely N-dealkylation sites (tertiary alicyclic amines) is 1. The van der Waals surface area contributed by atoms with Crippen LogP contribution in [-0.4, -0.2) is 52.6 Å². The molecule has 0 spiro atoms. The number of aromatic nitrogens is 2. The van der Waals surface area contributed by atoms with E-state index in [1.165, 1.54) is 25.8 Å². The van der Waals surface area contributed by atoms with E-state index >= 15 is 0 Å². The van der Waals surface area contributed by atoms with Gasteiger partial charge in [0.25, 0.3) is 5.91 Å². The van der Waals surface area contributed by atoms with Crippen LogP contribution in [0.2, 0.25) is 0 Å². The van der Waals surface area contributed by atoms with Gasteiger partial charge >= 0.3 is 0 Å². The van der Waals surface area contributed by atoms with Crippen LogP contribution in [0.25, 0.3) is 0 Å². The van der Waals surface area contributed by atoms with Crippen LogP contribution >= 0.6 is 0 Å². The zero-order chi connectivity index (χ0) is 15.1. The Morgan fingerprint density at radius 1 is 1.48 bits per heavy atom. The van der Waals surface area contributed by atoms with E-state index in [-0.39, 0.29) is 5.91 Å². The average molecular weight is 293 g/mol. The van der Waals surface area contributed by atoms with Crippen molar-refractivity contribution in [2.24, 2.45) is 5.73 Å². The number of hydrogen-bond acceptors (Lipinski definition) is 4. The van der Waals surface area contributed by atoms with Crippen molar-refractivity contribution in [3.8, 4) is 0 Å². The summed E-state index contributed by atoms with van der Waals surface area (Å²) in [7, 11) is 0. The largest absolute Gasteiger partial charge is 0.351 e. The van der Waals surface area contributed by atoms with Crippen LogP contribution in [0.3, 0.4) is 0 Å². The molecular weight excluding hydrogens is 266 g/mol. The molecule has 0 radical (unpaired) electrons. The molecule has 0 bridgehead atoms. The maximum Gasteiger partial charge on any atom is 0.271 e. The predicted octanol–water partition coefficient (Wildman–Crippen LogP) is 0.836. The Bertz CT molecular complexity index is 445. The second kappa shape index (κ2) is 8.14. The summed E-state index contributed by atoms with van der Waals surface area (Å²) in [5.74, 6) is -0.0996. The summed E-state index contributed by atoms with van der Waals surface area (Å²) in [6.45, 7) is 6.48. The highest BCUT2D eigenvalue weighted by atomic mass is 16.1. The summed E-state index contributed by atoms with van der Waals surface area (Å²) in [4.78, 5) is 18.6. The van der Waals surface area contributed by atoms with E-state index in [9.17, 15) is 4.79 Å². The van der Waals surface area contributed by atoms with E-state index in [0.29, 0.717) is 31.4 Å². The number of carbonyl (C=O) groups is 1. The maximum absolute atomic E-state index is 11.9. The highest BCUT2D eigenvalue weighted by Crippen LogP contribution is 2.16. The Labute approximate surface area is 126 Å². The molecule has 3 N–H and O–H groups in total. The van der Waals surface area contributed by atoms with Crippen molar-refractivity contribution in [1.29, 1.82) is 0 Å². The maximum atomic E-state index is 11.9. The van der Waals surface area contributed by atoms with Crippen molar-refractivity contribution in [1.82, 2.24) is 19.8 Å². The van der Waals surface area contributed by atoms with Crippen LogP contribution in [0.15, 0.2) is 12.5 Å². The number of nitrogens with two attached hydrogens (primary N) is 1. The molecule has 1 aliphatic rings. The summed E-state index contributed by atoms with van der Waals surface area (Å²) in [6.07, 6.45) is 8.33. The van der Waals surface area contributed by atoms with Gasteiger partial charge in [-0.15, -0.1) is 0 Å². The van der Waals surface area contributed by atoms with Gasteiger partial charge in [0.1, 0.15) is 5.69 Å². The normalized spacial score (nSPS) is 19.6. The van der Waals surface area contributed by atoms with Gasteiger partial charge in [-0.3, -0.25) is 4.79 Å². The van der Waals surface area contributed by atoms with E-state index < -0.39 is 0 Å². The molecule has 6 heteroatoms. The summed E-state index contributed by atoms with van der Waals surface area (Å²) in [5.41, 5.74) is 5.94. The van der Waals surface area contributed by atoms with Crippen molar-refractivity contribution in [2.45, 2.75) is 45.2 Å². The van der Waals surface area contributed by atoms with E-state index in [4.69, 9.17) is 5.73 Å². The van der Waals surface area contributed by atoms with Gasteiger partial charge in [0.15, 0.2) is 0 Å². The van der Waals surface area contributed by atoms with E-state index in [1.807, 2.05) is 4.57 Å². The number of amides is 1. The fourth-order valence-corrected chi connectivity index (χ4v) is 2.81. The molecule has 2 heterocycles. The highest BCUT2D eigenvalue weighted by molar-refractivity contribution is 5.91. The lowest BCUT2D eigenvalue weighted by molar-refractivity contribution is 0.0944. The van der Waals surface area contributed by atoms with Crippen LogP contribution < -0.4 is 11.1 Å². The second-order valence-electron chi connectivity index (χ2n) is 5.78. The monoisotopic (exact) mass is 293 g/mol. The van der Waals surface area contributed by atoms with Crippen LogP contribution in [0.5, 0.6) is 0 Å². The number of carbonyl (C=O) groups excluding carboxylic acids is 1. The lowest BCUT2D eigenvalue weighted by atomic mass is 10.0. The van der Waals surface area contributed by atoms with Crippen LogP contribution in [-0.2, 0) is 6.54 Å². The molecule has 1 aromatic rings. The van der Waals surface area contributed by atoms with Gasteiger partial charge in [-0.1, -0.05) is 6.42 Å². The Balaban J connectivity index is 1.66. The molecule has 1 aliphatic heterocycles. The van der Waals surface area contributed by atoms with Crippen molar-refractivity contribution >= 4 is 5.91 Å². The molecule has 1 aromatic heterocycles. The topological polar surface area (TPSA) is 76.2 Å². The minimum atomic E-state index is -0.0996. The molecule has 21 heavy (non-hydrogen) atoms. The summed E-state index contributed by atoms with van der Waals surface area (Å²) in [5, 5.41) is 2.94. The number of rotatable bonds is 7. The van der Waals surface area contributed by atoms with E-state index in [0.717, 1.165) is 13.0 Å². The van der Waals surface area contributed by atoms with E-state index in [2.05, 4.69) is 22.1 Å². The smallest absolute Gasteiger partial charge is 0.271 e. The molecule has 0 aliphatic carbocycles. The standard InChI is InChI=1S/C15H27N5O/c1-13-5-2-3-8-20(13)9-4-7-17-15(21)14-11-19(10-6-16)12-18-14/h11-13H,2-10,16H2,1H3,(H,17,21). The van der Waals surface area contributed by atoms with Crippen molar-refractivity contribution in [3.63, 3.8) is 0 Å². The van der Waals surface area contributed by atoms with Gasteiger partial charge in [-0.05, 0) is 32.7 Å². The number of imidazole rings is 1. The third kappa shape index (κ3) is 4.82. The van der Waals surface area contributed by atoms with Crippen molar-refractivity contribution < 1.29 is 4.79 Å². The first-order valence-electron chi connectivity index (χ1n) is 7.95. The first-order valence-corrected chi connectivity index (χ1v) is 7.95. The Hall–Kier alpha value is -1.40. The zero-order valence-electron chi connectivity index (χ0n) is 12.9. The molecule has 2 rings (SSSR count).